The van der Waals surface area contributed by atoms with Crippen molar-refractivity contribution in [1.29, 1.82) is 0 Å². The molecule has 8 aromatic rings. The summed E-state index contributed by atoms with van der Waals surface area (Å²) in [7, 11) is 0. The molecule has 3 heterocycles. The third-order valence-corrected chi connectivity index (χ3v) is 10.4. The van der Waals surface area contributed by atoms with Crippen LogP contribution < -0.4 is 4.74 Å². The van der Waals surface area contributed by atoms with Crippen molar-refractivity contribution in [3.05, 3.63) is 173 Å². The van der Waals surface area contributed by atoms with E-state index >= 15 is 0 Å². The van der Waals surface area contributed by atoms with E-state index in [0.717, 1.165) is 39.3 Å². The molecule has 6 aromatic carbocycles. The number of fused-ring (bicyclic) bond motifs is 11. The predicted molar refractivity (Wildman–Crippen MR) is 189 cm³/mol. The number of thiophene rings is 1. The Morgan fingerprint density at radius 2 is 1.04 bits per heavy atom. The van der Waals surface area contributed by atoms with Crippen molar-refractivity contribution < 1.29 is 4.74 Å². The van der Waals surface area contributed by atoms with Gasteiger partial charge in [0, 0.05) is 37.9 Å². The smallest absolute Gasteiger partial charge is 0.164 e. The summed E-state index contributed by atoms with van der Waals surface area (Å²) in [5.41, 5.74) is 9.50. The molecule has 2 aliphatic rings. The first kappa shape index (κ1) is 26.3. The normalized spacial score (nSPS) is 13.4. The van der Waals surface area contributed by atoms with E-state index in [0.29, 0.717) is 17.5 Å². The van der Waals surface area contributed by atoms with Crippen molar-refractivity contribution >= 4 is 21.4 Å². The average Bonchev–Trinajstić information content (AvgIpc) is 3.74. The Kier molecular flexibility index (Phi) is 5.63. The fraction of sp³-hybridized carbons (Fsp3) is 0.0238. The Balaban J connectivity index is 1.29. The van der Waals surface area contributed by atoms with Crippen LogP contribution in [0.2, 0.25) is 0 Å². The van der Waals surface area contributed by atoms with Crippen LogP contribution in [0.5, 0.6) is 11.5 Å². The average molecular weight is 620 g/mol. The van der Waals surface area contributed by atoms with Crippen molar-refractivity contribution in [3.8, 4) is 56.8 Å². The van der Waals surface area contributed by atoms with E-state index in [1.165, 1.54) is 32.3 Å². The third kappa shape index (κ3) is 3.78. The fourth-order valence-electron chi connectivity index (χ4n) is 7.52. The first-order valence-corrected chi connectivity index (χ1v) is 16.6. The molecule has 47 heavy (non-hydrogen) atoms. The van der Waals surface area contributed by atoms with Gasteiger partial charge in [-0.25, -0.2) is 15.0 Å². The van der Waals surface area contributed by atoms with Gasteiger partial charge in [0.15, 0.2) is 17.5 Å². The van der Waals surface area contributed by atoms with Crippen molar-refractivity contribution in [2.75, 3.05) is 0 Å². The Morgan fingerprint density at radius 1 is 0.468 bits per heavy atom. The van der Waals surface area contributed by atoms with Gasteiger partial charge in [-0.1, -0.05) is 115 Å². The van der Waals surface area contributed by atoms with Crippen LogP contribution in [-0.2, 0) is 5.41 Å². The summed E-state index contributed by atoms with van der Waals surface area (Å²) in [5, 5.41) is 3.47. The molecule has 2 aromatic heterocycles. The van der Waals surface area contributed by atoms with E-state index in [1.54, 1.807) is 11.3 Å². The highest BCUT2D eigenvalue weighted by molar-refractivity contribution is 7.17. The Morgan fingerprint density at radius 3 is 1.68 bits per heavy atom. The van der Waals surface area contributed by atoms with Crippen LogP contribution in [0.4, 0.5) is 0 Å². The van der Waals surface area contributed by atoms with E-state index < -0.39 is 5.41 Å². The molecule has 0 atom stereocenters. The van der Waals surface area contributed by atoms with Gasteiger partial charge in [-0.3, -0.25) is 0 Å². The number of hydrogen-bond donors (Lipinski definition) is 0. The van der Waals surface area contributed by atoms with E-state index in [-0.39, 0.29) is 0 Å². The quantitative estimate of drug-likeness (QED) is 0.197. The molecule has 220 valence electrons. The molecule has 0 saturated carbocycles. The lowest BCUT2D eigenvalue weighted by atomic mass is 9.66. The maximum Gasteiger partial charge on any atom is 0.164 e. The molecule has 1 aliphatic carbocycles. The van der Waals surface area contributed by atoms with Gasteiger partial charge in [-0.2, -0.15) is 0 Å². The Hall–Kier alpha value is -5.91. The fourth-order valence-corrected chi connectivity index (χ4v) is 8.31. The van der Waals surface area contributed by atoms with Gasteiger partial charge in [-0.05, 0) is 58.0 Å². The lowest BCUT2D eigenvalue weighted by molar-refractivity contribution is 0.436. The van der Waals surface area contributed by atoms with Gasteiger partial charge < -0.3 is 4.74 Å². The highest BCUT2D eigenvalue weighted by atomic mass is 32.1. The number of rotatable bonds is 3. The molecular weight excluding hydrogens is 595 g/mol. The number of ether oxygens (including phenoxy) is 1. The molecule has 0 amide bonds. The number of hydrogen-bond acceptors (Lipinski definition) is 5. The Bertz CT molecular complexity index is 2400. The first-order chi connectivity index (χ1) is 23.3. The van der Waals surface area contributed by atoms with E-state index in [2.05, 4.69) is 90.3 Å². The molecule has 1 spiro atoms. The van der Waals surface area contributed by atoms with E-state index in [9.17, 15) is 0 Å². The summed E-state index contributed by atoms with van der Waals surface area (Å²) in [5.74, 6) is 3.68. The number of aromatic nitrogens is 3. The van der Waals surface area contributed by atoms with Crippen LogP contribution >= 0.6 is 11.3 Å². The molecule has 5 heteroatoms. The summed E-state index contributed by atoms with van der Waals surface area (Å²) in [6.45, 7) is 0. The standard InChI is InChI=1S/C42H25N3OS/c1-3-11-26(12-4-1)39-43-40(27-13-5-2-6-14-27)45-41(44-39)28-19-20-29-34(25-28)42(33-21-22-37-30(38(29)33)23-24-47-37)31-15-7-9-17-35(31)46-36-18-10-8-16-32(36)42/h1-25H. The van der Waals surface area contributed by atoms with Crippen LogP contribution in [-0.4, -0.2) is 15.0 Å². The molecule has 0 bridgehead atoms. The van der Waals surface area contributed by atoms with Gasteiger partial charge >= 0.3 is 0 Å². The summed E-state index contributed by atoms with van der Waals surface area (Å²) < 4.78 is 7.86. The highest BCUT2D eigenvalue weighted by Gasteiger charge is 2.51. The zero-order chi connectivity index (χ0) is 31.0. The van der Waals surface area contributed by atoms with Gasteiger partial charge in [0.25, 0.3) is 0 Å². The van der Waals surface area contributed by atoms with Crippen LogP contribution in [0.15, 0.2) is 151 Å². The predicted octanol–water partition coefficient (Wildman–Crippen LogP) is 10.6. The zero-order valence-corrected chi connectivity index (χ0v) is 25.9. The molecule has 0 N–H and O–H groups in total. The second kappa shape index (κ2) is 10.0. The summed E-state index contributed by atoms with van der Waals surface area (Å²) >= 11 is 1.78. The topological polar surface area (TPSA) is 47.9 Å². The van der Waals surface area contributed by atoms with Crippen molar-refractivity contribution in [3.63, 3.8) is 0 Å². The lowest BCUT2D eigenvalue weighted by Gasteiger charge is -2.39. The molecule has 10 rings (SSSR count). The molecule has 0 fully saturated rings. The van der Waals surface area contributed by atoms with E-state index in [1.807, 2.05) is 60.7 Å². The molecular formula is C42H25N3OS. The van der Waals surface area contributed by atoms with E-state index in [4.69, 9.17) is 19.7 Å². The molecule has 4 nitrogen and oxygen atoms in total. The van der Waals surface area contributed by atoms with Crippen LogP contribution in [0.1, 0.15) is 22.3 Å². The van der Waals surface area contributed by atoms with Gasteiger partial charge in [0.1, 0.15) is 11.5 Å². The number of para-hydroxylation sites is 2. The number of benzene rings is 6. The second-order valence-corrected chi connectivity index (χ2v) is 12.9. The van der Waals surface area contributed by atoms with Gasteiger partial charge in [0.05, 0.1) is 5.41 Å². The zero-order valence-electron chi connectivity index (χ0n) is 25.1. The van der Waals surface area contributed by atoms with Crippen molar-refractivity contribution in [1.82, 2.24) is 15.0 Å². The van der Waals surface area contributed by atoms with Crippen molar-refractivity contribution in [2.24, 2.45) is 0 Å². The lowest BCUT2D eigenvalue weighted by Crippen LogP contribution is -2.32. The first-order valence-electron chi connectivity index (χ1n) is 15.7. The van der Waals surface area contributed by atoms with Crippen LogP contribution in [0, 0.1) is 0 Å². The van der Waals surface area contributed by atoms with Gasteiger partial charge in [0.2, 0.25) is 0 Å². The minimum absolute atomic E-state index is 0.584. The Labute approximate surface area is 275 Å². The van der Waals surface area contributed by atoms with Gasteiger partial charge in [-0.15, -0.1) is 11.3 Å². The monoisotopic (exact) mass is 619 g/mol. The maximum atomic E-state index is 6.58. The summed E-state index contributed by atoms with van der Waals surface area (Å²) in [6.07, 6.45) is 0. The van der Waals surface area contributed by atoms with Crippen LogP contribution in [0.3, 0.4) is 0 Å². The minimum Gasteiger partial charge on any atom is -0.457 e. The highest BCUT2D eigenvalue weighted by Crippen LogP contribution is 2.63. The second-order valence-electron chi connectivity index (χ2n) is 12.0. The molecule has 0 radical (unpaired) electrons. The summed E-state index contributed by atoms with van der Waals surface area (Å²) in [4.78, 5) is 15.1. The summed E-state index contributed by atoms with van der Waals surface area (Å²) in [6, 6.07) is 50.8. The maximum absolute atomic E-state index is 6.58. The third-order valence-electron chi connectivity index (χ3n) is 9.49. The SMILES string of the molecule is c1ccc(-c2nc(-c3ccccc3)nc(-c3ccc4c(c3)C3(c5ccccc5Oc5ccccc53)c3ccc5sccc5c3-4)n2)cc1. The molecule has 1 aliphatic heterocycles. The van der Waals surface area contributed by atoms with Crippen molar-refractivity contribution in [2.45, 2.75) is 5.41 Å². The largest absolute Gasteiger partial charge is 0.457 e. The number of nitrogens with zero attached hydrogens (tertiary/aromatic N) is 3. The molecule has 0 saturated heterocycles. The van der Waals surface area contributed by atoms with Crippen LogP contribution in [0.25, 0.3) is 55.4 Å². The molecule has 0 unspecified atom stereocenters. The minimum atomic E-state index is -0.584.